The van der Waals surface area contributed by atoms with Crippen LogP contribution in [0.1, 0.15) is 44.7 Å². The molecule has 0 amide bonds. The maximum atomic E-state index is 12.5. The van der Waals surface area contributed by atoms with Crippen molar-refractivity contribution < 1.29 is 8.42 Å². The molecule has 1 N–H and O–H groups in total. The van der Waals surface area contributed by atoms with Crippen molar-refractivity contribution in [2.24, 2.45) is 0 Å². The van der Waals surface area contributed by atoms with Gasteiger partial charge in [0.15, 0.2) is 0 Å². The summed E-state index contributed by atoms with van der Waals surface area (Å²) in [5.74, 6) is 0.0902. The summed E-state index contributed by atoms with van der Waals surface area (Å²) in [7, 11) is -3.22. The minimum Gasteiger partial charge on any atom is -0.313 e. The lowest BCUT2D eigenvalue weighted by Crippen LogP contribution is -2.33. The van der Waals surface area contributed by atoms with Crippen LogP contribution < -0.4 is 5.32 Å². The molecule has 0 aromatic heterocycles. The first kappa shape index (κ1) is 18.1. The van der Waals surface area contributed by atoms with Crippen molar-refractivity contribution in [2.45, 2.75) is 45.9 Å². The van der Waals surface area contributed by atoms with Crippen molar-refractivity contribution >= 4 is 10.0 Å². The van der Waals surface area contributed by atoms with Gasteiger partial charge in [-0.15, -0.1) is 0 Å². The second-order valence-corrected chi connectivity index (χ2v) is 7.22. The van der Waals surface area contributed by atoms with E-state index >= 15 is 0 Å². The number of benzene rings is 1. The lowest BCUT2D eigenvalue weighted by atomic mass is 10.1. The van der Waals surface area contributed by atoms with Gasteiger partial charge in [-0.1, -0.05) is 45.0 Å². The molecule has 0 bridgehead atoms. The molecule has 0 unspecified atom stereocenters. The van der Waals surface area contributed by atoms with Crippen molar-refractivity contribution in [3.63, 3.8) is 0 Å². The molecule has 0 aliphatic carbocycles. The van der Waals surface area contributed by atoms with Gasteiger partial charge in [-0.2, -0.15) is 0 Å². The Morgan fingerprint density at radius 3 is 2.24 bits per heavy atom. The molecule has 1 rings (SSSR count). The fourth-order valence-electron chi connectivity index (χ4n) is 2.29. The molecule has 0 fully saturated rings. The van der Waals surface area contributed by atoms with Gasteiger partial charge in [-0.25, -0.2) is 12.7 Å². The maximum absolute atomic E-state index is 12.5. The molecular weight excluding hydrogens is 284 g/mol. The highest BCUT2D eigenvalue weighted by Gasteiger charge is 2.20. The monoisotopic (exact) mass is 312 g/mol. The van der Waals surface area contributed by atoms with Crippen LogP contribution in [-0.4, -0.2) is 32.4 Å². The smallest absolute Gasteiger partial charge is 0.218 e. The topological polar surface area (TPSA) is 49.4 Å². The molecule has 21 heavy (non-hydrogen) atoms. The average molecular weight is 312 g/mol. The van der Waals surface area contributed by atoms with E-state index in [9.17, 15) is 8.42 Å². The van der Waals surface area contributed by atoms with Crippen molar-refractivity contribution in [1.29, 1.82) is 0 Å². The van der Waals surface area contributed by atoms with E-state index in [0.717, 1.165) is 37.1 Å². The second kappa shape index (κ2) is 9.18. The molecule has 0 aliphatic heterocycles. The summed E-state index contributed by atoms with van der Waals surface area (Å²) >= 11 is 0. The lowest BCUT2D eigenvalue weighted by Gasteiger charge is -2.21. The van der Waals surface area contributed by atoms with E-state index in [1.807, 2.05) is 38.1 Å². The summed E-state index contributed by atoms with van der Waals surface area (Å²) in [4.78, 5) is 0. The maximum Gasteiger partial charge on any atom is 0.218 e. The van der Waals surface area contributed by atoms with Gasteiger partial charge >= 0.3 is 0 Å². The number of hydrogen-bond acceptors (Lipinski definition) is 3. The Bertz CT molecular complexity index is 509. The van der Waals surface area contributed by atoms with Crippen LogP contribution in [0.2, 0.25) is 0 Å². The van der Waals surface area contributed by atoms with E-state index in [2.05, 4.69) is 12.2 Å². The fraction of sp³-hybridized carbons (Fsp3) is 0.625. The zero-order chi connectivity index (χ0) is 15.7. The Hall–Kier alpha value is -0.910. The first-order chi connectivity index (χ1) is 10.0. The number of sulfonamides is 1. The quantitative estimate of drug-likeness (QED) is 0.723. The fourth-order valence-corrected chi connectivity index (χ4v) is 3.99. The highest BCUT2D eigenvalue weighted by atomic mass is 32.2. The SMILES string of the molecule is CCCN(CCC)S(=O)(=O)Cc1cccc(CNCC)c1. The third kappa shape index (κ3) is 6.16. The highest BCUT2D eigenvalue weighted by molar-refractivity contribution is 7.88. The Balaban J connectivity index is 2.82. The van der Waals surface area contributed by atoms with Crippen LogP contribution in [0, 0.1) is 0 Å². The van der Waals surface area contributed by atoms with Crippen LogP contribution in [0.25, 0.3) is 0 Å². The van der Waals surface area contributed by atoms with Crippen molar-refractivity contribution in [3.8, 4) is 0 Å². The van der Waals surface area contributed by atoms with Gasteiger partial charge < -0.3 is 5.32 Å². The minimum atomic E-state index is -3.22. The van der Waals surface area contributed by atoms with Gasteiger partial charge in [0.2, 0.25) is 10.0 Å². The van der Waals surface area contributed by atoms with E-state index in [-0.39, 0.29) is 5.75 Å². The van der Waals surface area contributed by atoms with Crippen molar-refractivity contribution in [1.82, 2.24) is 9.62 Å². The summed E-state index contributed by atoms with van der Waals surface area (Å²) in [6, 6.07) is 7.83. The molecule has 0 aliphatic rings. The number of hydrogen-bond donors (Lipinski definition) is 1. The van der Waals surface area contributed by atoms with E-state index in [1.54, 1.807) is 4.31 Å². The normalized spacial score (nSPS) is 12.0. The molecule has 0 atom stereocenters. The Labute approximate surface area is 129 Å². The van der Waals surface area contributed by atoms with Crippen LogP contribution >= 0.6 is 0 Å². The lowest BCUT2D eigenvalue weighted by molar-refractivity contribution is 0.409. The summed E-state index contributed by atoms with van der Waals surface area (Å²) < 4.78 is 26.6. The van der Waals surface area contributed by atoms with Crippen LogP contribution in [-0.2, 0) is 22.3 Å². The first-order valence-corrected chi connectivity index (χ1v) is 9.40. The van der Waals surface area contributed by atoms with Gasteiger partial charge in [0, 0.05) is 19.6 Å². The predicted molar refractivity (Wildman–Crippen MR) is 88.6 cm³/mol. The average Bonchev–Trinajstić information content (AvgIpc) is 2.45. The number of nitrogens with zero attached hydrogens (tertiary/aromatic N) is 1. The zero-order valence-electron chi connectivity index (χ0n) is 13.4. The van der Waals surface area contributed by atoms with Gasteiger partial charge in [0.25, 0.3) is 0 Å². The summed E-state index contributed by atoms with van der Waals surface area (Å²) in [6.07, 6.45) is 1.69. The van der Waals surface area contributed by atoms with Crippen LogP contribution in [0.5, 0.6) is 0 Å². The van der Waals surface area contributed by atoms with Crippen LogP contribution in [0.15, 0.2) is 24.3 Å². The largest absolute Gasteiger partial charge is 0.313 e. The Kier molecular flexibility index (Phi) is 7.93. The zero-order valence-corrected chi connectivity index (χ0v) is 14.2. The van der Waals surface area contributed by atoms with E-state index < -0.39 is 10.0 Å². The van der Waals surface area contributed by atoms with E-state index in [1.165, 1.54) is 0 Å². The number of rotatable bonds is 10. The van der Waals surface area contributed by atoms with Crippen LogP contribution in [0.3, 0.4) is 0 Å². The summed E-state index contributed by atoms with van der Waals surface area (Å²) in [5.41, 5.74) is 1.99. The molecule has 1 aromatic carbocycles. The molecule has 1 aromatic rings. The van der Waals surface area contributed by atoms with Gasteiger partial charge in [-0.3, -0.25) is 0 Å². The van der Waals surface area contributed by atoms with Crippen molar-refractivity contribution in [2.75, 3.05) is 19.6 Å². The number of nitrogens with one attached hydrogen (secondary N) is 1. The molecular formula is C16H28N2O2S. The van der Waals surface area contributed by atoms with E-state index in [4.69, 9.17) is 0 Å². The molecule has 5 heteroatoms. The second-order valence-electron chi connectivity index (χ2n) is 5.26. The summed E-state index contributed by atoms with van der Waals surface area (Å²) in [6.45, 7) is 8.97. The van der Waals surface area contributed by atoms with Crippen molar-refractivity contribution in [3.05, 3.63) is 35.4 Å². The van der Waals surface area contributed by atoms with Gasteiger partial charge in [-0.05, 0) is 30.5 Å². The van der Waals surface area contributed by atoms with Crippen LogP contribution in [0.4, 0.5) is 0 Å². The molecule has 120 valence electrons. The third-order valence-electron chi connectivity index (χ3n) is 3.26. The standard InChI is InChI=1S/C16H28N2O2S/c1-4-10-18(11-5-2)21(19,20)14-16-9-7-8-15(12-16)13-17-6-3/h7-9,12,17H,4-6,10-11,13-14H2,1-3H3. The Morgan fingerprint density at radius 1 is 1.05 bits per heavy atom. The molecule has 0 heterocycles. The molecule has 0 saturated carbocycles. The molecule has 0 saturated heterocycles. The Morgan fingerprint density at radius 2 is 1.67 bits per heavy atom. The first-order valence-electron chi connectivity index (χ1n) is 7.79. The van der Waals surface area contributed by atoms with Gasteiger partial charge in [0.1, 0.15) is 0 Å². The summed E-state index contributed by atoms with van der Waals surface area (Å²) in [5, 5.41) is 3.26. The molecule has 0 spiro atoms. The third-order valence-corrected chi connectivity index (χ3v) is 5.11. The molecule has 0 radical (unpaired) electrons. The molecule has 4 nitrogen and oxygen atoms in total. The van der Waals surface area contributed by atoms with E-state index in [0.29, 0.717) is 13.1 Å². The highest BCUT2D eigenvalue weighted by Crippen LogP contribution is 2.14. The van der Waals surface area contributed by atoms with Gasteiger partial charge in [0.05, 0.1) is 5.75 Å². The minimum absolute atomic E-state index is 0.0902. The predicted octanol–water partition coefficient (Wildman–Crippen LogP) is 2.75.